The Bertz CT molecular complexity index is 620. The van der Waals surface area contributed by atoms with Crippen molar-refractivity contribution in [3.8, 4) is 0 Å². The summed E-state index contributed by atoms with van der Waals surface area (Å²) in [5.41, 5.74) is 0. The summed E-state index contributed by atoms with van der Waals surface area (Å²) in [6, 6.07) is 10.1. The number of sulfonamides is 1. The van der Waals surface area contributed by atoms with Gasteiger partial charge in [0.05, 0.1) is 4.90 Å². The molecule has 2 aromatic carbocycles. The second-order valence-corrected chi connectivity index (χ2v) is 5.19. The van der Waals surface area contributed by atoms with Crippen LogP contribution in [-0.4, -0.2) is 8.42 Å². The van der Waals surface area contributed by atoms with Gasteiger partial charge in [-0.15, -0.1) is 0 Å². The van der Waals surface area contributed by atoms with E-state index in [1.165, 1.54) is 12.1 Å². The molecule has 0 aromatic heterocycles. The zero-order valence-electron chi connectivity index (χ0n) is 7.67. The second kappa shape index (κ2) is 3.44. The minimum absolute atomic E-state index is 0.0901. The Kier molecular flexibility index (Phi) is 2.38. The molecule has 2 rings (SSSR count). The molecule has 0 unspecified atom stereocenters. The molecule has 0 spiro atoms. The fourth-order valence-electron chi connectivity index (χ4n) is 1.40. The van der Waals surface area contributed by atoms with Crippen molar-refractivity contribution >= 4 is 33.4 Å². The third kappa shape index (κ3) is 1.94. The molecule has 0 atom stereocenters. The Balaban J connectivity index is 2.81. The monoisotopic (exact) mass is 238 g/mol. The molecule has 1 radical (unpaired) electrons. The number of nitrogens with two attached hydrogens (primary N) is 1. The van der Waals surface area contributed by atoms with E-state index in [1.807, 2.05) is 12.1 Å². The molecule has 77 valence electrons. The topological polar surface area (TPSA) is 60.2 Å². The highest BCUT2D eigenvalue weighted by atomic mass is 32.2. The third-order valence-electron chi connectivity index (χ3n) is 2.14. The molecule has 0 fully saturated rings. The maximum absolute atomic E-state index is 11.1. The molecule has 0 aliphatic heterocycles. The molecule has 0 saturated carbocycles. The van der Waals surface area contributed by atoms with E-state index >= 15 is 0 Å². The van der Waals surface area contributed by atoms with Crippen molar-refractivity contribution in [1.29, 1.82) is 0 Å². The van der Waals surface area contributed by atoms with Gasteiger partial charge in [0.1, 0.15) is 0 Å². The van der Waals surface area contributed by atoms with Crippen LogP contribution in [0.2, 0.25) is 0 Å². The number of primary sulfonamides is 1. The lowest BCUT2D eigenvalue weighted by Crippen LogP contribution is -2.11. The van der Waals surface area contributed by atoms with E-state index in [0.717, 1.165) is 10.8 Å². The first-order valence-corrected chi connectivity index (χ1v) is 6.16. The van der Waals surface area contributed by atoms with Crippen molar-refractivity contribution in [2.75, 3.05) is 0 Å². The lowest BCUT2D eigenvalue weighted by atomic mass is 10.1. The number of rotatable bonds is 1. The highest BCUT2D eigenvalue weighted by Crippen LogP contribution is 2.24. The first kappa shape index (κ1) is 10.4. The quantitative estimate of drug-likeness (QED) is 0.826. The molecule has 5 heteroatoms. The van der Waals surface area contributed by atoms with E-state index in [1.54, 1.807) is 12.1 Å². The molecular weight excluding hydrogens is 230 g/mol. The van der Waals surface area contributed by atoms with Crippen molar-refractivity contribution < 1.29 is 8.42 Å². The second-order valence-electron chi connectivity index (χ2n) is 3.18. The fraction of sp³-hybridized carbons (Fsp3) is 0. The van der Waals surface area contributed by atoms with Crippen LogP contribution in [0, 0.1) is 0 Å². The van der Waals surface area contributed by atoms with Crippen LogP contribution in [0.3, 0.4) is 0 Å². The molecular formula is C10H8NO2S2. The smallest absolute Gasteiger partial charge is 0.225 e. The third-order valence-corrected chi connectivity index (χ3v) is 3.41. The Labute approximate surface area is 93.4 Å². The van der Waals surface area contributed by atoms with Gasteiger partial charge in [-0.2, -0.15) is 0 Å². The minimum Gasteiger partial charge on any atom is -0.225 e. The van der Waals surface area contributed by atoms with Gasteiger partial charge < -0.3 is 0 Å². The number of hydrogen-bond acceptors (Lipinski definition) is 2. The molecule has 0 aliphatic rings. The SMILES string of the molecule is NS(=O)(=O)c1ccc2cccc([S])c2c1. The zero-order valence-corrected chi connectivity index (χ0v) is 9.31. The van der Waals surface area contributed by atoms with Gasteiger partial charge in [-0.25, -0.2) is 13.6 Å². The summed E-state index contributed by atoms with van der Waals surface area (Å²) in [6.45, 7) is 0. The van der Waals surface area contributed by atoms with Crippen LogP contribution >= 0.6 is 12.6 Å². The molecule has 2 N–H and O–H groups in total. The van der Waals surface area contributed by atoms with Gasteiger partial charge in [-0.05, 0) is 23.6 Å². The van der Waals surface area contributed by atoms with E-state index in [0.29, 0.717) is 4.90 Å². The molecule has 0 saturated heterocycles. The van der Waals surface area contributed by atoms with Gasteiger partial charge in [0.15, 0.2) is 0 Å². The van der Waals surface area contributed by atoms with Crippen LogP contribution in [-0.2, 0) is 10.0 Å². The highest BCUT2D eigenvalue weighted by molar-refractivity contribution is 7.89. The Morgan fingerprint density at radius 2 is 1.87 bits per heavy atom. The van der Waals surface area contributed by atoms with Crippen molar-refractivity contribution in [2.45, 2.75) is 9.79 Å². The maximum atomic E-state index is 11.1. The lowest BCUT2D eigenvalue weighted by Gasteiger charge is -2.02. The Hall–Kier alpha value is -1.17. The van der Waals surface area contributed by atoms with Gasteiger partial charge in [0, 0.05) is 10.3 Å². The molecule has 0 heterocycles. The van der Waals surface area contributed by atoms with Crippen molar-refractivity contribution in [2.24, 2.45) is 5.14 Å². The van der Waals surface area contributed by atoms with E-state index in [4.69, 9.17) is 17.8 Å². The van der Waals surface area contributed by atoms with Crippen molar-refractivity contribution in [1.82, 2.24) is 0 Å². The van der Waals surface area contributed by atoms with Gasteiger partial charge in [-0.3, -0.25) is 0 Å². The van der Waals surface area contributed by atoms with Crippen LogP contribution in [0.15, 0.2) is 46.2 Å². The molecule has 3 nitrogen and oxygen atoms in total. The van der Waals surface area contributed by atoms with Crippen LogP contribution in [0.25, 0.3) is 10.8 Å². The summed E-state index contributed by atoms with van der Waals surface area (Å²) < 4.78 is 22.3. The first-order chi connectivity index (χ1) is 6.98. The first-order valence-electron chi connectivity index (χ1n) is 4.21. The molecule has 0 amide bonds. The van der Waals surface area contributed by atoms with Crippen LogP contribution in [0.5, 0.6) is 0 Å². The van der Waals surface area contributed by atoms with Crippen LogP contribution in [0.4, 0.5) is 0 Å². The highest BCUT2D eigenvalue weighted by Gasteiger charge is 2.08. The average Bonchev–Trinajstić information content (AvgIpc) is 2.16. The summed E-state index contributed by atoms with van der Waals surface area (Å²) in [6.07, 6.45) is 0. The van der Waals surface area contributed by atoms with Gasteiger partial charge in [0.2, 0.25) is 10.0 Å². The summed E-state index contributed by atoms with van der Waals surface area (Å²) in [7, 11) is -3.66. The minimum atomic E-state index is -3.66. The average molecular weight is 238 g/mol. The molecule has 2 aromatic rings. The number of hydrogen-bond donors (Lipinski definition) is 1. The van der Waals surface area contributed by atoms with Crippen LogP contribution < -0.4 is 5.14 Å². The number of benzene rings is 2. The molecule has 0 bridgehead atoms. The van der Waals surface area contributed by atoms with E-state index in [-0.39, 0.29) is 4.90 Å². The van der Waals surface area contributed by atoms with Crippen molar-refractivity contribution in [3.63, 3.8) is 0 Å². The molecule has 0 aliphatic carbocycles. The Morgan fingerprint density at radius 1 is 1.13 bits per heavy atom. The summed E-state index contributed by atoms with van der Waals surface area (Å²) in [5.74, 6) is 0. The van der Waals surface area contributed by atoms with Gasteiger partial charge in [0.25, 0.3) is 0 Å². The van der Waals surface area contributed by atoms with Gasteiger partial charge >= 0.3 is 0 Å². The largest absolute Gasteiger partial charge is 0.238 e. The fourth-order valence-corrected chi connectivity index (χ4v) is 2.20. The lowest BCUT2D eigenvalue weighted by molar-refractivity contribution is 0.598. The van der Waals surface area contributed by atoms with Crippen LogP contribution in [0.1, 0.15) is 0 Å². The predicted molar refractivity (Wildman–Crippen MR) is 61.2 cm³/mol. The van der Waals surface area contributed by atoms with Gasteiger partial charge in [-0.1, -0.05) is 30.8 Å². The number of fused-ring (bicyclic) bond motifs is 1. The summed E-state index contributed by atoms with van der Waals surface area (Å²) in [4.78, 5) is 0.713. The zero-order chi connectivity index (χ0) is 11.1. The predicted octanol–water partition coefficient (Wildman–Crippen LogP) is 2.04. The molecule has 15 heavy (non-hydrogen) atoms. The van der Waals surface area contributed by atoms with Crippen molar-refractivity contribution in [3.05, 3.63) is 36.4 Å². The summed E-state index contributed by atoms with van der Waals surface area (Å²) in [5, 5.41) is 6.68. The van der Waals surface area contributed by atoms with E-state index < -0.39 is 10.0 Å². The van der Waals surface area contributed by atoms with E-state index in [2.05, 4.69) is 0 Å². The normalized spacial score (nSPS) is 11.8. The maximum Gasteiger partial charge on any atom is 0.238 e. The summed E-state index contributed by atoms with van der Waals surface area (Å²) >= 11 is 5.10. The standard InChI is InChI=1S/C10H8NO2S2/c11-15(12,13)8-5-4-7-2-1-3-10(14)9(7)6-8/h1-6H,(H2,11,12,13). The Morgan fingerprint density at radius 3 is 2.53 bits per heavy atom. The van der Waals surface area contributed by atoms with E-state index in [9.17, 15) is 8.42 Å².